The molecule has 20 heavy (non-hydrogen) atoms. The summed E-state index contributed by atoms with van der Waals surface area (Å²) in [5.41, 5.74) is -0.559. The van der Waals surface area contributed by atoms with Crippen LogP contribution in [-0.2, 0) is 14.8 Å². The Bertz CT molecular complexity index is 665. The summed E-state index contributed by atoms with van der Waals surface area (Å²) in [4.78, 5) is 12.3. The molecule has 0 heterocycles. The summed E-state index contributed by atoms with van der Waals surface area (Å²) in [6.07, 6.45) is 0. The van der Waals surface area contributed by atoms with Crippen molar-refractivity contribution in [2.75, 3.05) is 27.7 Å². The minimum atomic E-state index is -4.11. The summed E-state index contributed by atoms with van der Waals surface area (Å²) in [6, 6.07) is 4.86. The Labute approximate surface area is 117 Å². The van der Waals surface area contributed by atoms with E-state index in [1.807, 2.05) is 0 Å². The van der Waals surface area contributed by atoms with Gasteiger partial charge in [0.2, 0.25) is 15.9 Å². The van der Waals surface area contributed by atoms with E-state index in [0.717, 1.165) is 16.4 Å². The van der Waals surface area contributed by atoms with Crippen molar-refractivity contribution in [3.63, 3.8) is 0 Å². The Kier molecular flexibility index (Phi) is 4.81. The van der Waals surface area contributed by atoms with Gasteiger partial charge in [0, 0.05) is 21.1 Å². The second-order valence-electron chi connectivity index (χ2n) is 4.27. The minimum absolute atomic E-state index is 0.392. The van der Waals surface area contributed by atoms with Gasteiger partial charge in [-0.25, -0.2) is 12.8 Å². The van der Waals surface area contributed by atoms with Crippen molar-refractivity contribution in [2.45, 2.75) is 4.90 Å². The van der Waals surface area contributed by atoms with E-state index in [-0.39, 0.29) is 0 Å². The molecule has 0 aliphatic heterocycles. The number of rotatable bonds is 4. The number of carbonyl (C=O) groups excluding carboxylic acids is 1. The van der Waals surface area contributed by atoms with E-state index in [0.29, 0.717) is 0 Å². The van der Waals surface area contributed by atoms with Gasteiger partial charge in [-0.2, -0.15) is 9.57 Å². The highest BCUT2D eigenvalue weighted by Crippen LogP contribution is 2.21. The van der Waals surface area contributed by atoms with Crippen LogP contribution in [-0.4, -0.2) is 51.2 Å². The molecule has 6 nitrogen and oxygen atoms in total. The van der Waals surface area contributed by atoms with Gasteiger partial charge in [0.15, 0.2) is 0 Å². The SMILES string of the molecule is CN(C)C(=O)CN(C)S(=O)(=O)c1cccc(F)c1C#N. The third kappa shape index (κ3) is 3.12. The van der Waals surface area contributed by atoms with E-state index in [2.05, 4.69) is 0 Å². The van der Waals surface area contributed by atoms with E-state index in [1.54, 1.807) is 0 Å². The van der Waals surface area contributed by atoms with Crippen molar-refractivity contribution in [2.24, 2.45) is 0 Å². The van der Waals surface area contributed by atoms with Crippen molar-refractivity contribution in [3.8, 4) is 6.07 Å². The molecule has 0 fully saturated rings. The molecular formula is C12H14FN3O3S. The largest absolute Gasteiger partial charge is 0.348 e. The highest BCUT2D eigenvalue weighted by Gasteiger charge is 2.27. The van der Waals surface area contributed by atoms with E-state index in [1.165, 1.54) is 38.2 Å². The van der Waals surface area contributed by atoms with Crippen LogP contribution in [0.3, 0.4) is 0 Å². The molecule has 0 saturated carbocycles. The molecule has 8 heteroatoms. The number of carbonyl (C=O) groups is 1. The molecule has 0 atom stereocenters. The smallest absolute Gasteiger partial charge is 0.244 e. The van der Waals surface area contributed by atoms with Crippen molar-refractivity contribution < 1.29 is 17.6 Å². The van der Waals surface area contributed by atoms with Gasteiger partial charge < -0.3 is 4.90 Å². The fraction of sp³-hybridized carbons (Fsp3) is 0.333. The van der Waals surface area contributed by atoms with Gasteiger partial charge in [-0.05, 0) is 12.1 Å². The number of likely N-dealkylation sites (N-methyl/N-ethyl adjacent to an activating group) is 2. The van der Waals surface area contributed by atoms with Crippen LogP contribution in [0.15, 0.2) is 23.1 Å². The zero-order valence-corrected chi connectivity index (χ0v) is 12.1. The predicted molar refractivity (Wildman–Crippen MR) is 69.6 cm³/mol. The molecule has 1 aromatic carbocycles. The predicted octanol–water partition coefficient (Wildman–Crippen LogP) is 0.406. The summed E-state index contributed by atoms with van der Waals surface area (Å²) in [6.45, 7) is -0.392. The van der Waals surface area contributed by atoms with Crippen molar-refractivity contribution >= 4 is 15.9 Å². The number of amides is 1. The van der Waals surface area contributed by atoms with Crippen molar-refractivity contribution in [3.05, 3.63) is 29.6 Å². The molecule has 0 saturated heterocycles. The first-order valence-electron chi connectivity index (χ1n) is 5.57. The second-order valence-corrected chi connectivity index (χ2v) is 6.29. The average molecular weight is 299 g/mol. The van der Waals surface area contributed by atoms with Gasteiger partial charge in [0.1, 0.15) is 22.3 Å². The third-order valence-corrected chi connectivity index (χ3v) is 4.48. The topological polar surface area (TPSA) is 81.5 Å². The summed E-state index contributed by atoms with van der Waals surface area (Å²) in [7, 11) is 0.0712. The molecular weight excluding hydrogens is 285 g/mol. The molecule has 1 aromatic rings. The molecule has 0 aliphatic carbocycles. The van der Waals surface area contributed by atoms with E-state index in [9.17, 15) is 17.6 Å². The number of sulfonamides is 1. The van der Waals surface area contributed by atoms with Crippen LogP contribution in [0, 0.1) is 17.1 Å². The number of hydrogen-bond donors (Lipinski definition) is 0. The van der Waals surface area contributed by atoms with E-state index in [4.69, 9.17) is 5.26 Å². The first kappa shape index (κ1) is 16.1. The van der Waals surface area contributed by atoms with Crippen molar-refractivity contribution in [1.29, 1.82) is 5.26 Å². The van der Waals surface area contributed by atoms with Gasteiger partial charge in [-0.15, -0.1) is 0 Å². The fourth-order valence-corrected chi connectivity index (χ4v) is 2.68. The summed E-state index contributed by atoms with van der Waals surface area (Å²) < 4.78 is 38.8. The molecule has 0 bridgehead atoms. The van der Waals surface area contributed by atoms with Crippen LogP contribution in [0.5, 0.6) is 0 Å². The summed E-state index contributed by atoms with van der Waals surface area (Å²) >= 11 is 0. The summed E-state index contributed by atoms with van der Waals surface area (Å²) in [5, 5.41) is 8.87. The molecule has 1 rings (SSSR count). The van der Waals surface area contributed by atoms with Gasteiger partial charge >= 0.3 is 0 Å². The molecule has 0 aliphatic rings. The Morgan fingerprint density at radius 1 is 1.35 bits per heavy atom. The second kappa shape index (κ2) is 5.98. The number of nitriles is 1. The van der Waals surface area contributed by atoms with Gasteiger partial charge in [0.25, 0.3) is 0 Å². The number of benzene rings is 1. The Morgan fingerprint density at radius 2 is 1.95 bits per heavy atom. The maximum atomic E-state index is 13.5. The molecule has 0 spiro atoms. The lowest BCUT2D eigenvalue weighted by Crippen LogP contribution is -2.38. The maximum absolute atomic E-state index is 13.5. The number of nitrogens with zero attached hydrogens (tertiary/aromatic N) is 3. The zero-order chi connectivity index (χ0) is 15.5. The first-order valence-corrected chi connectivity index (χ1v) is 7.01. The van der Waals surface area contributed by atoms with Crippen LogP contribution in [0.1, 0.15) is 5.56 Å². The molecule has 0 N–H and O–H groups in total. The normalized spacial score (nSPS) is 11.2. The Balaban J connectivity index is 3.22. The lowest BCUT2D eigenvalue weighted by atomic mass is 10.2. The number of halogens is 1. The van der Waals surface area contributed by atoms with E-state index < -0.39 is 38.8 Å². The average Bonchev–Trinajstić information content (AvgIpc) is 2.37. The Hall–Kier alpha value is -1.98. The van der Waals surface area contributed by atoms with Crippen LogP contribution in [0.2, 0.25) is 0 Å². The summed E-state index contributed by atoms with van der Waals surface area (Å²) in [5.74, 6) is -1.34. The highest BCUT2D eigenvalue weighted by molar-refractivity contribution is 7.89. The minimum Gasteiger partial charge on any atom is -0.348 e. The first-order chi connectivity index (χ1) is 9.21. The lowest BCUT2D eigenvalue weighted by molar-refractivity contribution is -0.128. The quantitative estimate of drug-likeness (QED) is 0.806. The number of hydrogen-bond acceptors (Lipinski definition) is 4. The van der Waals surface area contributed by atoms with Gasteiger partial charge in [-0.1, -0.05) is 6.07 Å². The Morgan fingerprint density at radius 3 is 2.45 bits per heavy atom. The van der Waals surface area contributed by atoms with Crippen molar-refractivity contribution in [1.82, 2.24) is 9.21 Å². The van der Waals surface area contributed by atoms with Crippen LogP contribution in [0.25, 0.3) is 0 Å². The zero-order valence-electron chi connectivity index (χ0n) is 11.3. The van der Waals surface area contributed by atoms with Crippen LogP contribution in [0.4, 0.5) is 4.39 Å². The highest BCUT2D eigenvalue weighted by atomic mass is 32.2. The standard InChI is InChI=1S/C12H14FN3O3S/c1-15(2)12(17)8-16(3)20(18,19)11-6-4-5-10(13)9(11)7-14/h4-6H,8H2,1-3H3. The monoisotopic (exact) mass is 299 g/mol. The molecule has 1 amide bonds. The van der Waals surface area contributed by atoms with Crippen LogP contribution >= 0.6 is 0 Å². The third-order valence-electron chi connectivity index (χ3n) is 2.63. The molecule has 0 aromatic heterocycles. The molecule has 0 radical (unpaired) electrons. The van der Waals surface area contributed by atoms with Crippen LogP contribution < -0.4 is 0 Å². The fourth-order valence-electron chi connectivity index (χ4n) is 1.41. The van der Waals surface area contributed by atoms with Gasteiger partial charge in [0.05, 0.1) is 6.54 Å². The van der Waals surface area contributed by atoms with Gasteiger partial charge in [-0.3, -0.25) is 4.79 Å². The molecule has 0 unspecified atom stereocenters. The molecule has 108 valence electrons. The lowest BCUT2D eigenvalue weighted by Gasteiger charge is -2.19. The maximum Gasteiger partial charge on any atom is 0.244 e. The van der Waals surface area contributed by atoms with E-state index >= 15 is 0 Å².